The van der Waals surface area contributed by atoms with Gasteiger partial charge in [-0.15, -0.1) is 0 Å². The average molecular weight is 684 g/mol. The van der Waals surface area contributed by atoms with Gasteiger partial charge in [0.25, 0.3) is 0 Å². The number of nitrogens with zero attached hydrogens (tertiary/aromatic N) is 2. The Kier molecular flexibility index (Phi) is 31.5. The Hall–Kier alpha value is 1.52. The summed E-state index contributed by atoms with van der Waals surface area (Å²) in [5.41, 5.74) is 2.10. The maximum absolute atomic E-state index is 3.97. The predicted octanol–water partition coefficient (Wildman–Crippen LogP) is 7.00. The SMILES string of the molecule is CC.CN=C=Nc1cccc(C)c1.II.II. The summed E-state index contributed by atoms with van der Waals surface area (Å²) in [6, 6.07) is 10.4. The van der Waals surface area contributed by atoms with Gasteiger partial charge in [0, 0.05) is 81.5 Å². The molecule has 0 spiro atoms. The van der Waals surface area contributed by atoms with Gasteiger partial charge in [-0.2, -0.15) is 4.99 Å². The number of aryl methyl sites for hydroxylation is 1. The minimum atomic E-state index is 0.899. The van der Waals surface area contributed by atoms with Gasteiger partial charge < -0.3 is 0 Å². The Balaban J connectivity index is -0.000000285. The van der Waals surface area contributed by atoms with Crippen LogP contribution < -0.4 is 0 Å². The molecule has 0 amide bonds. The van der Waals surface area contributed by atoms with E-state index in [2.05, 4.69) is 90.5 Å². The molecule has 0 aliphatic heterocycles. The number of benzene rings is 1. The zero-order valence-electron chi connectivity index (χ0n) is 10.2. The third kappa shape index (κ3) is 17.5. The second-order valence-corrected chi connectivity index (χ2v) is 2.27. The van der Waals surface area contributed by atoms with Crippen molar-refractivity contribution in [3.05, 3.63) is 29.8 Å². The van der Waals surface area contributed by atoms with E-state index >= 15 is 0 Å². The van der Waals surface area contributed by atoms with E-state index in [4.69, 9.17) is 0 Å². The summed E-state index contributed by atoms with van der Waals surface area (Å²) in [5, 5.41) is 0. The van der Waals surface area contributed by atoms with Gasteiger partial charge in [-0.1, -0.05) is 26.0 Å². The van der Waals surface area contributed by atoms with Crippen LogP contribution in [0.1, 0.15) is 19.4 Å². The largest absolute Gasteiger partial charge is 0.229 e. The lowest BCUT2D eigenvalue weighted by atomic mass is 10.2. The maximum Gasteiger partial charge on any atom is 0.0946 e. The Labute approximate surface area is 151 Å². The van der Waals surface area contributed by atoms with Crippen molar-refractivity contribution >= 4 is 86.2 Å². The third-order valence-electron chi connectivity index (χ3n) is 1.28. The Morgan fingerprint density at radius 1 is 1.06 bits per heavy atom. The Morgan fingerprint density at radius 2 is 1.59 bits per heavy atom. The van der Waals surface area contributed by atoms with E-state index < -0.39 is 0 Å². The van der Waals surface area contributed by atoms with Crippen LogP contribution in [0.3, 0.4) is 0 Å². The highest BCUT2D eigenvalue weighted by molar-refractivity contribution is 15.0. The fourth-order valence-electron chi connectivity index (χ4n) is 0.805. The highest BCUT2D eigenvalue weighted by Crippen LogP contribution is 2.11. The molecule has 0 bridgehead atoms. The third-order valence-corrected chi connectivity index (χ3v) is 1.28. The minimum Gasteiger partial charge on any atom is -0.229 e. The van der Waals surface area contributed by atoms with Crippen molar-refractivity contribution in [1.29, 1.82) is 0 Å². The second kappa shape index (κ2) is 22.7. The van der Waals surface area contributed by atoms with E-state index in [-0.39, 0.29) is 0 Å². The van der Waals surface area contributed by atoms with Gasteiger partial charge in [-0.05, 0) is 24.6 Å². The summed E-state index contributed by atoms with van der Waals surface area (Å²) in [6.45, 7) is 6.03. The maximum atomic E-state index is 3.97. The van der Waals surface area contributed by atoms with Crippen LogP contribution in [0.2, 0.25) is 0 Å². The van der Waals surface area contributed by atoms with Crippen LogP contribution in [-0.2, 0) is 0 Å². The van der Waals surface area contributed by atoms with Gasteiger partial charge in [0.1, 0.15) is 0 Å². The average Bonchev–Trinajstić information content (AvgIpc) is 2.43. The first-order valence-corrected chi connectivity index (χ1v) is 17.3. The summed E-state index contributed by atoms with van der Waals surface area (Å²) in [4.78, 5) is 7.61. The van der Waals surface area contributed by atoms with Crippen molar-refractivity contribution in [3.63, 3.8) is 0 Å². The number of hydrogen-bond acceptors (Lipinski definition) is 2. The molecular weight excluding hydrogens is 668 g/mol. The molecule has 0 unspecified atom stereocenters. The second-order valence-electron chi connectivity index (χ2n) is 2.27. The first-order valence-electron chi connectivity index (χ1n) is 4.73. The van der Waals surface area contributed by atoms with Gasteiger partial charge in [0.05, 0.1) is 11.7 Å². The molecule has 0 saturated heterocycles. The van der Waals surface area contributed by atoms with Crippen LogP contribution in [0.25, 0.3) is 0 Å². The van der Waals surface area contributed by atoms with Gasteiger partial charge in [0.15, 0.2) is 0 Å². The molecule has 2 nitrogen and oxygen atoms in total. The molecule has 0 aliphatic rings. The molecular formula is C11H16I4N2. The van der Waals surface area contributed by atoms with Crippen LogP contribution >= 0.6 is 74.5 Å². The fourth-order valence-corrected chi connectivity index (χ4v) is 0.805. The molecule has 0 N–H and O–H groups in total. The molecule has 6 heteroatoms. The molecule has 98 valence electrons. The van der Waals surface area contributed by atoms with Crippen molar-refractivity contribution in [2.45, 2.75) is 20.8 Å². The molecule has 0 aromatic heterocycles. The zero-order chi connectivity index (χ0) is 14.1. The summed E-state index contributed by atoms with van der Waals surface area (Å²) in [7, 11) is 1.65. The Morgan fingerprint density at radius 3 is 2.00 bits per heavy atom. The normalized spacial score (nSPS) is 6.59. The quantitative estimate of drug-likeness (QED) is 0.225. The van der Waals surface area contributed by atoms with Gasteiger partial charge in [-0.25, -0.2) is 4.99 Å². The Bertz CT molecular complexity index is 310. The zero-order valence-corrected chi connectivity index (χ0v) is 18.8. The molecule has 0 radical (unpaired) electrons. The van der Waals surface area contributed by atoms with E-state index in [1.807, 2.05) is 45.0 Å². The van der Waals surface area contributed by atoms with Crippen molar-refractivity contribution in [3.8, 4) is 0 Å². The molecule has 1 aromatic rings. The summed E-state index contributed by atoms with van der Waals surface area (Å²) in [5.74, 6) is 0. The fraction of sp³-hybridized carbons (Fsp3) is 0.364. The lowest BCUT2D eigenvalue weighted by Crippen LogP contribution is -1.68. The van der Waals surface area contributed by atoms with E-state index in [0.717, 1.165) is 5.69 Å². The number of halogens is 4. The first kappa shape index (κ1) is 23.6. The lowest BCUT2D eigenvalue weighted by molar-refractivity contribution is 1.41. The molecule has 0 saturated carbocycles. The summed E-state index contributed by atoms with van der Waals surface area (Å²) in [6.07, 6.45) is 0. The first-order chi connectivity index (χ1) is 8.33. The molecule has 0 fully saturated rings. The molecule has 0 aliphatic carbocycles. The van der Waals surface area contributed by atoms with Gasteiger partial charge in [0.2, 0.25) is 0 Å². The van der Waals surface area contributed by atoms with Gasteiger partial charge in [-0.3, -0.25) is 0 Å². The molecule has 1 aromatic carbocycles. The van der Waals surface area contributed by atoms with Crippen LogP contribution in [0.15, 0.2) is 34.3 Å². The smallest absolute Gasteiger partial charge is 0.0946 e. The van der Waals surface area contributed by atoms with Crippen LogP contribution in [0.5, 0.6) is 0 Å². The molecule has 17 heavy (non-hydrogen) atoms. The molecule has 0 heterocycles. The van der Waals surface area contributed by atoms with Crippen LogP contribution in [0.4, 0.5) is 5.69 Å². The minimum absolute atomic E-state index is 0.899. The topological polar surface area (TPSA) is 24.7 Å². The van der Waals surface area contributed by atoms with Crippen molar-refractivity contribution in [1.82, 2.24) is 0 Å². The molecule has 1 rings (SSSR count). The van der Waals surface area contributed by atoms with E-state index in [1.54, 1.807) is 7.05 Å². The highest BCUT2D eigenvalue weighted by atomic mass is 128. The predicted molar refractivity (Wildman–Crippen MR) is 114 cm³/mol. The summed E-state index contributed by atoms with van der Waals surface area (Å²) < 4.78 is 0. The number of hydrogen-bond donors (Lipinski definition) is 0. The van der Waals surface area contributed by atoms with E-state index in [9.17, 15) is 0 Å². The van der Waals surface area contributed by atoms with E-state index in [1.165, 1.54) is 5.56 Å². The van der Waals surface area contributed by atoms with Crippen LogP contribution in [0, 0.1) is 6.92 Å². The number of aliphatic imine (C=N–C) groups is 2. The monoisotopic (exact) mass is 684 g/mol. The highest BCUT2D eigenvalue weighted by Gasteiger charge is 1.85. The lowest BCUT2D eigenvalue weighted by Gasteiger charge is -1.91. The number of rotatable bonds is 1. The van der Waals surface area contributed by atoms with Crippen molar-refractivity contribution in [2.75, 3.05) is 7.05 Å². The molecule has 0 atom stereocenters. The van der Waals surface area contributed by atoms with E-state index in [0.29, 0.717) is 0 Å². The van der Waals surface area contributed by atoms with Crippen molar-refractivity contribution < 1.29 is 0 Å². The van der Waals surface area contributed by atoms with Crippen LogP contribution in [-0.4, -0.2) is 13.1 Å². The standard InChI is InChI=1S/C9H10N2.C2H6.2I2/c1-8-4-3-5-9(6-8)11-7-10-2;3*1-2/h3-6H,1-2H3;1-2H3;;. The summed E-state index contributed by atoms with van der Waals surface area (Å²) >= 11 is 8.48. The van der Waals surface area contributed by atoms with Crippen molar-refractivity contribution in [2.24, 2.45) is 9.98 Å². The van der Waals surface area contributed by atoms with Gasteiger partial charge >= 0.3 is 0 Å².